The van der Waals surface area contributed by atoms with E-state index in [1.54, 1.807) is 18.3 Å². The lowest BCUT2D eigenvalue weighted by molar-refractivity contribution is -0.148. The molecule has 21 heavy (non-hydrogen) atoms. The second kappa shape index (κ2) is 7.13. The van der Waals surface area contributed by atoms with E-state index in [2.05, 4.69) is 20.4 Å². The Morgan fingerprint density at radius 1 is 1.38 bits per heavy atom. The van der Waals surface area contributed by atoms with E-state index >= 15 is 0 Å². The molecule has 0 aliphatic rings. The lowest BCUT2D eigenvalue weighted by Crippen LogP contribution is -2.25. The van der Waals surface area contributed by atoms with Crippen LogP contribution in [0.1, 0.15) is 12.3 Å². The molecule has 2 aromatic heterocycles. The van der Waals surface area contributed by atoms with Crippen molar-refractivity contribution in [3.63, 3.8) is 0 Å². The molecular weight excluding hydrogens is 276 g/mol. The van der Waals surface area contributed by atoms with Crippen LogP contribution in [0.5, 0.6) is 0 Å². The van der Waals surface area contributed by atoms with Gasteiger partial charge in [0.1, 0.15) is 5.69 Å². The monoisotopic (exact) mass is 290 g/mol. The van der Waals surface area contributed by atoms with Crippen LogP contribution in [0.3, 0.4) is 0 Å². The molecule has 0 unspecified atom stereocenters. The first-order chi connectivity index (χ1) is 10.2. The Kier molecular flexibility index (Phi) is 4.97. The second-order valence-corrected chi connectivity index (χ2v) is 4.06. The summed E-state index contributed by atoms with van der Waals surface area (Å²) in [4.78, 5) is 30.6. The fourth-order valence-corrected chi connectivity index (χ4v) is 1.45. The van der Waals surface area contributed by atoms with Crippen molar-refractivity contribution in [3.8, 4) is 11.5 Å². The number of nitrogens with one attached hydrogen (secondary N) is 1. The fourth-order valence-electron chi connectivity index (χ4n) is 1.45. The minimum atomic E-state index is -0.504. The zero-order valence-corrected chi connectivity index (χ0v) is 11.4. The number of amides is 1. The summed E-state index contributed by atoms with van der Waals surface area (Å²) in [5.74, 6) is -0.188. The SMILES string of the molecule is CNC(=O)COC(=O)CCc1nc(-c2ccccn2)no1. The summed E-state index contributed by atoms with van der Waals surface area (Å²) < 4.78 is 9.78. The molecule has 2 heterocycles. The molecule has 1 amide bonds. The lowest BCUT2D eigenvalue weighted by atomic mass is 10.3. The lowest BCUT2D eigenvalue weighted by Gasteiger charge is -2.01. The molecule has 0 aliphatic heterocycles. The average Bonchev–Trinajstić information content (AvgIpc) is 3.00. The zero-order chi connectivity index (χ0) is 15.1. The third kappa shape index (κ3) is 4.37. The quantitative estimate of drug-likeness (QED) is 0.765. The van der Waals surface area contributed by atoms with Crippen LogP contribution in [-0.2, 0) is 20.7 Å². The van der Waals surface area contributed by atoms with E-state index in [9.17, 15) is 9.59 Å². The van der Waals surface area contributed by atoms with Gasteiger partial charge in [0, 0.05) is 19.7 Å². The molecule has 0 atom stereocenters. The fraction of sp³-hybridized carbons (Fsp3) is 0.308. The Morgan fingerprint density at radius 2 is 2.24 bits per heavy atom. The molecule has 2 rings (SSSR count). The van der Waals surface area contributed by atoms with Gasteiger partial charge in [0.15, 0.2) is 6.61 Å². The van der Waals surface area contributed by atoms with Crippen molar-refractivity contribution in [2.45, 2.75) is 12.8 Å². The van der Waals surface area contributed by atoms with Gasteiger partial charge in [0.2, 0.25) is 11.7 Å². The third-order valence-electron chi connectivity index (χ3n) is 2.55. The maximum atomic E-state index is 11.4. The van der Waals surface area contributed by atoms with Crippen molar-refractivity contribution in [2.24, 2.45) is 0 Å². The molecule has 8 heteroatoms. The first kappa shape index (κ1) is 14.6. The highest BCUT2D eigenvalue weighted by Gasteiger charge is 2.12. The van der Waals surface area contributed by atoms with Gasteiger partial charge in [-0.3, -0.25) is 14.6 Å². The van der Waals surface area contributed by atoms with E-state index in [-0.39, 0.29) is 25.4 Å². The molecule has 0 saturated carbocycles. The summed E-state index contributed by atoms with van der Waals surface area (Å²) in [7, 11) is 1.47. The van der Waals surface area contributed by atoms with E-state index < -0.39 is 5.97 Å². The van der Waals surface area contributed by atoms with E-state index in [0.29, 0.717) is 17.4 Å². The maximum absolute atomic E-state index is 11.4. The molecule has 0 radical (unpaired) electrons. The highest BCUT2D eigenvalue weighted by Crippen LogP contribution is 2.12. The van der Waals surface area contributed by atoms with Crippen molar-refractivity contribution in [1.29, 1.82) is 0 Å². The van der Waals surface area contributed by atoms with Crippen LogP contribution >= 0.6 is 0 Å². The Bertz CT molecular complexity index is 612. The summed E-state index contributed by atoms with van der Waals surface area (Å²) in [6.45, 7) is -0.293. The Morgan fingerprint density at radius 3 is 2.95 bits per heavy atom. The van der Waals surface area contributed by atoms with Crippen molar-refractivity contribution in [3.05, 3.63) is 30.3 Å². The normalized spacial score (nSPS) is 10.1. The van der Waals surface area contributed by atoms with Crippen LogP contribution in [0.2, 0.25) is 0 Å². The summed E-state index contributed by atoms with van der Waals surface area (Å²) in [5.41, 5.74) is 0.592. The molecule has 0 fully saturated rings. The summed E-state index contributed by atoms with van der Waals surface area (Å²) in [6.07, 6.45) is 1.93. The van der Waals surface area contributed by atoms with E-state index in [4.69, 9.17) is 9.26 Å². The second-order valence-electron chi connectivity index (χ2n) is 4.06. The first-order valence-electron chi connectivity index (χ1n) is 6.29. The van der Waals surface area contributed by atoms with Gasteiger partial charge in [-0.2, -0.15) is 4.98 Å². The summed E-state index contributed by atoms with van der Waals surface area (Å²) in [6, 6.07) is 5.35. The average molecular weight is 290 g/mol. The molecule has 0 saturated heterocycles. The Balaban J connectivity index is 1.83. The summed E-state index contributed by atoms with van der Waals surface area (Å²) >= 11 is 0. The number of carbonyl (C=O) groups is 2. The van der Waals surface area contributed by atoms with E-state index in [1.807, 2.05) is 6.07 Å². The van der Waals surface area contributed by atoms with Crippen molar-refractivity contribution in [1.82, 2.24) is 20.4 Å². The third-order valence-corrected chi connectivity index (χ3v) is 2.55. The van der Waals surface area contributed by atoms with Crippen molar-refractivity contribution < 1.29 is 18.8 Å². The molecule has 0 aliphatic carbocycles. The van der Waals surface area contributed by atoms with Gasteiger partial charge < -0.3 is 14.6 Å². The van der Waals surface area contributed by atoms with Gasteiger partial charge in [0.25, 0.3) is 5.91 Å². The number of carbonyl (C=O) groups excluding carboxylic acids is 2. The molecular formula is C13H14N4O4. The number of hydrogen-bond donors (Lipinski definition) is 1. The predicted molar refractivity (Wildman–Crippen MR) is 70.9 cm³/mol. The van der Waals surface area contributed by atoms with Crippen molar-refractivity contribution in [2.75, 3.05) is 13.7 Å². The number of esters is 1. The number of aryl methyl sites for hydroxylation is 1. The van der Waals surface area contributed by atoms with Crippen LogP contribution in [0, 0.1) is 0 Å². The minimum Gasteiger partial charge on any atom is -0.456 e. The topological polar surface area (TPSA) is 107 Å². The molecule has 8 nitrogen and oxygen atoms in total. The van der Waals surface area contributed by atoms with Crippen LogP contribution < -0.4 is 5.32 Å². The Labute approximate surface area is 120 Å². The van der Waals surface area contributed by atoms with Gasteiger partial charge in [-0.05, 0) is 12.1 Å². The number of ether oxygens (including phenoxy) is 1. The standard InChI is InChI=1S/C13H14N4O4/c1-14-10(18)8-20-12(19)6-5-11-16-13(17-21-11)9-4-2-3-7-15-9/h2-4,7H,5-6,8H2,1H3,(H,14,18). The van der Waals surface area contributed by atoms with Crippen LogP contribution in [0.4, 0.5) is 0 Å². The van der Waals surface area contributed by atoms with E-state index in [1.165, 1.54) is 7.05 Å². The van der Waals surface area contributed by atoms with Crippen LogP contribution in [-0.4, -0.2) is 40.7 Å². The molecule has 0 aromatic carbocycles. The number of pyridine rings is 1. The van der Waals surface area contributed by atoms with E-state index in [0.717, 1.165) is 0 Å². The van der Waals surface area contributed by atoms with Gasteiger partial charge in [-0.25, -0.2) is 0 Å². The minimum absolute atomic E-state index is 0.0564. The maximum Gasteiger partial charge on any atom is 0.306 e. The zero-order valence-electron chi connectivity index (χ0n) is 11.4. The number of nitrogens with zero attached hydrogens (tertiary/aromatic N) is 3. The molecule has 110 valence electrons. The number of aromatic nitrogens is 3. The summed E-state index contributed by atoms with van der Waals surface area (Å²) in [5, 5.41) is 6.14. The molecule has 2 aromatic rings. The van der Waals surface area contributed by atoms with Crippen LogP contribution in [0.15, 0.2) is 28.9 Å². The number of hydrogen-bond acceptors (Lipinski definition) is 7. The van der Waals surface area contributed by atoms with Gasteiger partial charge in [0.05, 0.1) is 6.42 Å². The van der Waals surface area contributed by atoms with Crippen LogP contribution in [0.25, 0.3) is 11.5 Å². The smallest absolute Gasteiger partial charge is 0.306 e. The Hall–Kier alpha value is -2.77. The van der Waals surface area contributed by atoms with Gasteiger partial charge in [-0.15, -0.1) is 0 Å². The van der Waals surface area contributed by atoms with Crippen molar-refractivity contribution >= 4 is 11.9 Å². The highest BCUT2D eigenvalue weighted by atomic mass is 16.5. The molecule has 0 spiro atoms. The highest BCUT2D eigenvalue weighted by molar-refractivity contribution is 5.80. The molecule has 1 N–H and O–H groups in total. The predicted octanol–water partition coefficient (Wildman–Crippen LogP) is 0.353. The van der Waals surface area contributed by atoms with Gasteiger partial charge >= 0.3 is 5.97 Å². The van der Waals surface area contributed by atoms with Gasteiger partial charge in [-0.1, -0.05) is 11.2 Å². The number of rotatable bonds is 6. The largest absolute Gasteiger partial charge is 0.456 e. The molecule has 0 bridgehead atoms. The first-order valence-corrected chi connectivity index (χ1v) is 6.29. The number of likely N-dealkylation sites (N-methyl/N-ethyl adjacent to an activating group) is 1.